The lowest BCUT2D eigenvalue weighted by Crippen LogP contribution is -1.91. The van der Waals surface area contributed by atoms with Crippen molar-refractivity contribution in [2.24, 2.45) is 0 Å². The molecule has 0 atom stereocenters. The average molecular weight is 270 g/mol. The highest BCUT2D eigenvalue weighted by molar-refractivity contribution is 7.97. The summed E-state index contributed by atoms with van der Waals surface area (Å²) in [5.74, 6) is 2.19. The summed E-state index contributed by atoms with van der Waals surface area (Å²) in [4.78, 5) is 0. The normalized spacial score (nSPS) is 10.7. The maximum atomic E-state index is 2.27. The molecule has 0 radical (unpaired) electrons. The Morgan fingerprint density at radius 1 is 0.684 bits per heavy atom. The summed E-state index contributed by atoms with van der Waals surface area (Å²) in [6, 6.07) is 13.5. The van der Waals surface area contributed by atoms with Crippen molar-refractivity contribution in [1.29, 1.82) is 0 Å². The van der Waals surface area contributed by atoms with Crippen molar-refractivity contribution < 1.29 is 0 Å². The summed E-state index contributed by atoms with van der Waals surface area (Å²) in [5, 5.41) is 0. The van der Waals surface area contributed by atoms with Crippen molar-refractivity contribution in [1.82, 2.24) is 0 Å². The van der Waals surface area contributed by atoms with Gasteiger partial charge in [-0.1, -0.05) is 47.5 Å². The van der Waals surface area contributed by atoms with Gasteiger partial charge in [-0.15, -0.1) is 0 Å². The summed E-state index contributed by atoms with van der Waals surface area (Å²) < 4.78 is 0. The van der Waals surface area contributed by atoms with Gasteiger partial charge in [-0.3, -0.25) is 0 Å². The van der Waals surface area contributed by atoms with Gasteiger partial charge in [0.15, 0.2) is 0 Å². The molecule has 0 aliphatic heterocycles. The summed E-state index contributed by atoms with van der Waals surface area (Å²) in [6.07, 6.45) is 0. The topological polar surface area (TPSA) is 0 Å². The number of hydrogen-bond acceptors (Lipinski definition) is 1. The van der Waals surface area contributed by atoms with Crippen molar-refractivity contribution in [3.8, 4) is 0 Å². The molecular weight excluding hydrogens is 248 g/mol. The van der Waals surface area contributed by atoms with Crippen molar-refractivity contribution in [3.05, 3.63) is 69.8 Å². The molecular formula is C18H22S. The maximum absolute atomic E-state index is 2.27. The fourth-order valence-electron chi connectivity index (χ4n) is 2.29. The molecule has 0 spiro atoms. The molecule has 0 bridgehead atoms. The van der Waals surface area contributed by atoms with Crippen LogP contribution in [0.2, 0.25) is 0 Å². The number of thioether (sulfide) groups is 1. The summed E-state index contributed by atoms with van der Waals surface area (Å²) in [6.45, 7) is 8.72. The summed E-state index contributed by atoms with van der Waals surface area (Å²) in [7, 11) is 0. The van der Waals surface area contributed by atoms with Gasteiger partial charge in [-0.25, -0.2) is 0 Å². The Morgan fingerprint density at radius 3 is 1.47 bits per heavy atom. The molecule has 0 aliphatic rings. The second kappa shape index (κ2) is 6.29. The van der Waals surface area contributed by atoms with Crippen molar-refractivity contribution >= 4 is 11.8 Å². The third kappa shape index (κ3) is 3.87. The highest BCUT2D eigenvalue weighted by Crippen LogP contribution is 2.23. The van der Waals surface area contributed by atoms with Gasteiger partial charge in [-0.05, 0) is 49.9 Å². The molecule has 0 saturated heterocycles. The highest BCUT2D eigenvalue weighted by atomic mass is 32.2. The minimum absolute atomic E-state index is 1.10. The van der Waals surface area contributed by atoms with Crippen LogP contribution >= 0.6 is 11.8 Å². The first kappa shape index (κ1) is 14.2. The Balaban J connectivity index is 1.96. The van der Waals surface area contributed by atoms with E-state index in [2.05, 4.69) is 64.1 Å². The van der Waals surface area contributed by atoms with Crippen LogP contribution in [-0.4, -0.2) is 0 Å². The summed E-state index contributed by atoms with van der Waals surface area (Å²) in [5.41, 5.74) is 8.43. The fourth-order valence-corrected chi connectivity index (χ4v) is 3.48. The van der Waals surface area contributed by atoms with E-state index in [1.165, 1.54) is 33.4 Å². The molecule has 1 heteroatoms. The van der Waals surface area contributed by atoms with Crippen LogP contribution in [0.25, 0.3) is 0 Å². The predicted octanol–water partition coefficient (Wildman–Crippen LogP) is 5.35. The second-order valence-corrected chi connectivity index (χ2v) is 6.34. The van der Waals surface area contributed by atoms with Crippen LogP contribution in [0.1, 0.15) is 33.4 Å². The minimum Gasteiger partial charge on any atom is -0.152 e. The Bertz CT molecular complexity index is 518. The second-order valence-electron chi connectivity index (χ2n) is 5.35. The summed E-state index contributed by atoms with van der Waals surface area (Å²) >= 11 is 2.00. The Hall–Kier alpha value is -1.21. The average Bonchev–Trinajstić information content (AvgIpc) is 2.34. The van der Waals surface area contributed by atoms with Gasteiger partial charge in [0.05, 0.1) is 0 Å². The zero-order chi connectivity index (χ0) is 13.8. The van der Waals surface area contributed by atoms with E-state index < -0.39 is 0 Å². The molecule has 2 rings (SSSR count). The Labute approximate surface area is 121 Å². The predicted molar refractivity (Wildman–Crippen MR) is 86.8 cm³/mol. The SMILES string of the molecule is Cc1ccc(CSCc2ccc(C)cc2C)c(C)c1. The highest BCUT2D eigenvalue weighted by Gasteiger charge is 2.02. The number of benzene rings is 2. The molecule has 0 aromatic heterocycles. The molecule has 0 unspecified atom stereocenters. The van der Waals surface area contributed by atoms with Crippen LogP contribution in [0.4, 0.5) is 0 Å². The smallest absolute Gasteiger partial charge is 0.0190 e. The van der Waals surface area contributed by atoms with Gasteiger partial charge in [-0.2, -0.15) is 11.8 Å². The fraction of sp³-hybridized carbons (Fsp3) is 0.333. The van der Waals surface area contributed by atoms with Gasteiger partial charge < -0.3 is 0 Å². The van der Waals surface area contributed by atoms with Crippen molar-refractivity contribution in [2.75, 3.05) is 0 Å². The Kier molecular flexibility index (Phi) is 4.71. The van der Waals surface area contributed by atoms with Gasteiger partial charge in [0.2, 0.25) is 0 Å². The largest absolute Gasteiger partial charge is 0.152 e. The van der Waals surface area contributed by atoms with Crippen molar-refractivity contribution in [3.63, 3.8) is 0 Å². The van der Waals surface area contributed by atoms with Gasteiger partial charge in [0.25, 0.3) is 0 Å². The van der Waals surface area contributed by atoms with E-state index in [4.69, 9.17) is 0 Å². The maximum Gasteiger partial charge on any atom is 0.0190 e. The molecule has 2 aromatic rings. The standard InChI is InChI=1S/C18H22S/c1-13-5-7-17(15(3)9-13)11-19-12-18-8-6-14(2)10-16(18)4/h5-10H,11-12H2,1-4H3. The first-order chi connectivity index (χ1) is 9.06. The molecule has 0 heterocycles. The number of aryl methyl sites for hydroxylation is 4. The number of hydrogen-bond donors (Lipinski definition) is 0. The zero-order valence-electron chi connectivity index (χ0n) is 12.3. The molecule has 0 amide bonds. The van der Waals surface area contributed by atoms with Crippen LogP contribution in [-0.2, 0) is 11.5 Å². The van der Waals surface area contributed by atoms with E-state index in [0.29, 0.717) is 0 Å². The Morgan fingerprint density at radius 2 is 1.11 bits per heavy atom. The van der Waals surface area contributed by atoms with Gasteiger partial charge in [0, 0.05) is 11.5 Å². The van der Waals surface area contributed by atoms with E-state index in [-0.39, 0.29) is 0 Å². The van der Waals surface area contributed by atoms with E-state index in [1.54, 1.807) is 0 Å². The molecule has 0 N–H and O–H groups in total. The van der Waals surface area contributed by atoms with Crippen LogP contribution in [0.3, 0.4) is 0 Å². The zero-order valence-corrected chi connectivity index (χ0v) is 13.1. The molecule has 100 valence electrons. The lowest BCUT2D eigenvalue weighted by molar-refractivity contribution is 1.25. The quantitative estimate of drug-likeness (QED) is 0.721. The van der Waals surface area contributed by atoms with Gasteiger partial charge >= 0.3 is 0 Å². The van der Waals surface area contributed by atoms with E-state index in [9.17, 15) is 0 Å². The first-order valence-electron chi connectivity index (χ1n) is 6.76. The first-order valence-corrected chi connectivity index (χ1v) is 7.92. The molecule has 2 aromatic carbocycles. The van der Waals surface area contributed by atoms with Crippen LogP contribution < -0.4 is 0 Å². The van der Waals surface area contributed by atoms with E-state index in [1.807, 2.05) is 11.8 Å². The van der Waals surface area contributed by atoms with Crippen LogP contribution in [0.15, 0.2) is 36.4 Å². The van der Waals surface area contributed by atoms with Crippen LogP contribution in [0, 0.1) is 27.7 Å². The molecule has 0 saturated carbocycles. The lowest BCUT2D eigenvalue weighted by Gasteiger charge is -2.09. The van der Waals surface area contributed by atoms with E-state index in [0.717, 1.165) is 11.5 Å². The van der Waals surface area contributed by atoms with Crippen LogP contribution in [0.5, 0.6) is 0 Å². The molecule has 0 fully saturated rings. The van der Waals surface area contributed by atoms with Crippen molar-refractivity contribution in [2.45, 2.75) is 39.2 Å². The third-order valence-electron chi connectivity index (χ3n) is 3.51. The molecule has 19 heavy (non-hydrogen) atoms. The number of rotatable bonds is 4. The minimum atomic E-state index is 1.10. The molecule has 0 nitrogen and oxygen atoms in total. The van der Waals surface area contributed by atoms with Gasteiger partial charge in [0.1, 0.15) is 0 Å². The van der Waals surface area contributed by atoms with E-state index >= 15 is 0 Å². The molecule has 0 aliphatic carbocycles. The monoisotopic (exact) mass is 270 g/mol. The third-order valence-corrected chi connectivity index (χ3v) is 4.54. The lowest BCUT2D eigenvalue weighted by atomic mass is 10.1.